The molecule has 2 fully saturated rings. The number of likely N-dealkylation sites (tertiary alicyclic amines) is 1. The van der Waals surface area contributed by atoms with Crippen LogP contribution in [0.1, 0.15) is 69.8 Å². The second-order valence-corrected chi connectivity index (χ2v) is 18.9. The van der Waals surface area contributed by atoms with Crippen LogP contribution in [0.2, 0.25) is 0 Å². The Morgan fingerprint density at radius 2 is 1.55 bits per heavy atom. The predicted molar refractivity (Wildman–Crippen MR) is 250 cm³/mol. The lowest BCUT2D eigenvalue weighted by Crippen LogP contribution is -2.58. The third kappa shape index (κ3) is 12.6. The fourth-order valence-electron chi connectivity index (χ4n) is 7.95. The van der Waals surface area contributed by atoms with E-state index >= 15 is 0 Å². The van der Waals surface area contributed by atoms with Gasteiger partial charge in [0, 0.05) is 18.8 Å². The number of nitrogens with one attached hydrogen (secondary N) is 2. The number of anilines is 2. The zero-order valence-corrected chi connectivity index (χ0v) is 40.1. The highest BCUT2D eigenvalue weighted by molar-refractivity contribution is 7.13. The minimum Gasteiger partial charge on any atom is -0.491 e. The Balaban J connectivity index is 0.857. The van der Waals surface area contributed by atoms with Gasteiger partial charge in [0.25, 0.3) is 5.91 Å². The Bertz CT molecular complexity index is 2520. The summed E-state index contributed by atoms with van der Waals surface area (Å²) in [6, 6.07) is 16.0. The summed E-state index contributed by atoms with van der Waals surface area (Å²) in [7, 11) is 0. The smallest absolute Gasteiger partial charge is 0.417 e. The van der Waals surface area contributed by atoms with Crippen LogP contribution in [0.15, 0.2) is 72.2 Å². The van der Waals surface area contributed by atoms with E-state index in [9.17, 15) is 37.1 Å². The van der Waals surface area contributed by atoms with Gasteiger partial charge < -0.3 is 34.5 Å². The number of carbonyl (C=O) groups is 5. The molecule has 0 unspecified atom stereocenters. The summed E-state index contributed by atoms with van der Waals surface area (Å²) in [5.74, 6) is -1.34. The molecule has 6 amide bonds. The topological polar surface area (TPSA) is 193 Å². The number of nitrogens with zero attached hydrogens (tertiary/aromatic N) is 5. The molecule has 0 radical (unpaired) electrons. The predicted octanol–water partition coefficient (Wildman–Crippen LogP) is 7.03. The molecule has 2 N–H and O–H groups in total. The highest BCUT2D eigenvalue weighted by Crippen LogP contribution is 2.40. The molecule has 16 nitrogen and oxygen atoms in total. The van der Waals surface area contributed by atoms with E-state index in [2.05, 4.69) is 15.6 Å². The molecule has 0 spiro atoms. The van der Waals surface area contributed by atoms with Gasteiger partial charge in [-0.05, 0) is 92.6 Å². The van der Waals surface area contributed by atoms with Crippen LogP contribution in [0.25, 0.3) is 10.4 Å². The van der Waals surface area contributed by atoms with E-state index in [-0.39, 0.29) is 63.7 Å². The van der Waals surface area contributed by atoms with E-state index in [0.717, 1.165) is 33.8 Å². The Labute approximate surface area is 402 Å². The highest BCUT2D eigenvalue weighted by Gasteiger charge is 2.53. The van der Waals surface area contributed by atoms with Crippen LogP contribution in [-0.4, -0.2) is 110 Å². The molecule has 3 aromatic carbocycles. The van der Waals surface area contributed by atoms with Gasteiger partial charge in [0.2, 0.25) is 17.7 Å². The second kappa shape index (κ2) is 22.4. The number of rotatable bonds is 20. The van der Waals surface area contributed by atoms with Crippen molar-refractivity contribution in [3.63, 3.8) is 0 Å². The molecule has 0 bridgehead atoms. The molecule has 368 valence electrons. The van der Waals surface area contributed by atoms with Crippen molar-refractivity contribution in [2.75, 3.05) is 62.6 Å². The summed E-state index contributed by atoms with van der Waals surface area (Å²) in [5, 5.41) is 15.0. The Morgan fingerprint density at radius 1 is 0.913 bits per heavy atom. The van der Waals surface area contributed by atoms with E-state index in [0.29, 0.717) is 48.3 Å². The molecule has 20 heteroatoms. The average Bonchev–Trinajstić information content (AvgIpc) is 4.02. The molecule has 2 aliphatic heterocycles. The zero-order valence-electron chi connectivity index (χ0n) is 39.3. The van der Waals surface area contributed by atoms with Crippen molar-refractivity contribution in [3.05, 3.63) is 94.6 Å². The number of nitriles is 1. The number of imide groups is 1. The van der Waals surface area contributed by atoms with Crippen molar-refractivity contribution < 1.29 is 56.1 Å². The van der Waals surface area contributed by atoms with E-state index in [1.807, 2.05) is 57.5 Å². The van der Waals surface area contributed by atoms with Crippen LogP contribution >= 0.6 is 11.3 Å². The summed E-state index contributed by atoms with van der Waals surface area (Å²) in [4.78, 5) is 75.9. The second-order valence-electron chi connectivity index (χ2n) is 18.0. The van der Waals surface area contributed by atoms with Gasteiger partial charge in [-0.3, -0.25) is 24.1 Å². The van der Waals surface area contributed by atoms with Gasteiger partial charge in [-0.1, -0.05) is 45.0 Å². The number of carbonyl (C=O) groups excluding carboxylic acids is 5. The fourth-order valence-corrected chi connectivity index (χ4v) is 8.77. The lowest BCUT2D eigenvalue weighted by molar-refractivity contribution is -0.144. The summed E-state index contributed by atoms with van der Waals surface area (Å²) in [6.07, 6.45) is -3.69. The normalized spacial score (nSPS) is 16.4. The lowest BCUT2D eigenvalue weighted by atomic mass is 9.85. The largest absolute Gasteiger partial charge is 0.491 e. The maximum Gasteiger partial charge on any atom is 0.417 e. The van der Waals surface area contributed by atoms with Gasteiger partial charge in [0.15, 0.2) is 0 Å². The van der Waals surface area contributed by atoms with E-state index in [1.165, 1.54) is 24.8 Å². The number of hydrogen-bond donors (Lipinski definition) is 2. The molecule has 3 heterocycles. The number of halogens is 3. The standard InChI is InChI=1S/C49H56F3N7O9S/c1-31-41(69-30-55-31)33-11-9-32(10-12-33)28-54-43(61)39-8-7-19-57(39)44(62)42(47(2,3)4)56-40(60)29-67-23-22-65-20-21-66-24-25-68-37-17-15-35(16-18-37)59-46(64)58(45(63)48(59,5)6)36-14-13-34(27-53)38(26-36)49(50,51)52/h9-18,26,30,39,42H,7-8,19-25,28-29H2,1-6H3,(H,54,61)(H,56,60)/t39-,42+/m0/s1. The van der Waals surface area contributed by atoms with Gasteiger partial charge in [-0.25, -0.2) is 14.7 Å². The van der Waals surface area contributed by atoms with Crippen LogP contribution in [0, 0.1) is 23.7 Å². The van der Waals surface area contributed by atoms with Gasteiger partial charge >= 0.3 is 12.2 Å². The van der Waals surface area contributed by atoms with Crippen molar-refractivity contribution in [3.8, 4) is 22.3 Å². The molecular weight excluding hydrogens is 920 g/mol. The first-order chi connectivity index (χ1) is 32.7. The molecule has 2 saturated heterocycles. The number of amides is 6. The maximum absolute atomic E-state index is 13.9. The number of aromatic nitrogens is 1. The monoisotopic (exact) mass is 975 g/mol. The van der Waals surface area contributed by atoms with Crippen LogP contribution in [-0.2, 0) is 46.1 Å². The quantitative estimate of drug-likeness (QED) is 0.0683. The molecule has 2 atom stereocenters. The summed E-state index contributed by atoms with van der Waals surface area (Å²) < 4.78 is 63.3. The first-order valence-corrected chi connectivity index (χ1v) is 23.2. The van der Waals surface area contributed by atoms with Crippen LogP contribution in [0.5, 0.6) is 5.75 Å². The minimum atomic E-state index is -4.87. The number of thiazole rings is 1. The number of hydrogen-bond acceptors (Lipinski definition) is 12. The number of benzene rings is 3. The Hall–Kier alpha value is -6.40. The van der Waals surface area contributed by atoms with Crippen LogP contribution in [0.4, 0.5) is 29.3 Å². The van der Waals surface area contributed by atoms with Crippen molar-refractivity contribution in [2.45, 2.75) is 84.7 Å². The Kier molecular flexibility index (Phi) is 16.8. The first-order valence-electron chi connectivity index (χ1n) is 22.4. The average molecular weight is 976 g/mol. The maximum atomic E-state index is 13.9. The van der Waals surface area contributed by atoms with E-state index < -0.39 is 58.2 Å². The molecular formula is C49H56F3N7O9S. The molecule has 1 aromatic heterocycles. The van der Waals surface area contributed by atoms with Crippen LogP contribution in [0.3, 0.4) is 0 Å². The number of aryl methyl sites for hydroxylation is 1. The molecule has 0 saturated carbocycles. The number of alkyl halides is 3. The lowest BCUT2D eigenvalue weighted by Gasteiger charge is -2.35. The molecule has 69 heavy (non-hydrogen) atoms. The SMILES string of the molecule is Cc1ncsc1-c1ccc(CNC(=O)[C@@H]2CCCN2C(=O)[C@@H](NC(=O)COCCOCCOCCOc2ccc(N3C(=O)N(c4ccc(C#N)c(C(F)(F)F)c4)C(=O)C3(C)C)cc2)C(C)(C)C)cc1. The summed E-state index contributed by atoms with van der Waals surface area (Å²) >= 11 is 1.58. The fraction of sp³-hybridized carbons (Fsp3) is 0.449. The first kappa shape index (κ1) is 52.0. The van der Waals surface area contributed by atoms with Gasteiger partial charge in [-0.2, -0.15) is 18.4 Å². The van der Waals surface area contributed by atoms with Gasteiger partial charge in [-0.15, -0.1) is 11.3 Å². The van der Waals surface area contributed by atoms with Crippen molar-refractivity contribution in [2.24, 2.45) is 5.41 Å². The third-order valence-electron chi connectivity index (χ3n) is 11.6. The zero-order chi connectivity index (χ0) is 50.1. The molecule has 6 rings (SSSR count). The summed E-state index contributed by atoms with van der Waals surface area (Å²) in [5.41, 5.74) is 0.799. The summed E-state index contributed by atoms with van der Waals surface area (Å²) in [6.45, 7) is 12.1. The highest BCUT2D eigenvalue weighted by atomic mass is 32.1. The molecule has 0 aliphatic carbocycles. The van der Waals surface area contributed by atoms with E-state index in [4.69, 9.17) is 24.2 Å². The van der Waals surface area contributed by atoms with Crippen molar-refractivity contribution >= 4 is 52.4 Å². The third-order valence-corrected chi connectivity index (χ3v) is 12.6. The van der Waals surface area contributed by atoms with Gasteiger partial charge in [0.1, 0.15) is 36.6 Å². The number of urea groups is 1. The van der Waals surface area contributed by atoms with Crippen molar-refractivity contribution in [1.29, 1.82) is 5.26 Å². The van der Waals surface area contributed by atoms with E-state index in [1.54, 1.807) is 40.5 Å². The molecule has 4 aromatic rings. The van der Waals surface area contributed by atoms with Crippen LogP contribution < -0.4 is 25.2 Å². The molecule has 2 aliphatic rings. The van der Waals surface area contributed by atoms with Crippen molar-refractivity contribution in [1.82, 2.24) is 20.5 Å². The minimum absolute atomic E-state index is 0.115. The number of ether oxygens (including phenoxy) is 4. The Morgan fingerprint density at radius 3 is 2.16 bits per heavy atom. The van der Waals surface area contributed by atoms with Gasteiger partial charge in [0.05, 0.1) is 72.0 Å².